The van der Waals surface area contributed by atoms with Gasteiger partial charge in [-0.2, -0.15) is 8.42 Å². The molecule has 20 heavy (non-hydrogen) atoms. The predicted octanol–water partition coefficient (Wildman–Crippen LogP) is 0.961. The molecule has 112 valence electrons. The lowest BCUT2D eigenvalue weighted by Crippen LogP contribution is -2.46. The Morgan fingerprint density at radius 2 is 1.90 bits per heavy atom. The van der Waals surface area contributed by atoms with Gasteiger partial charge in [-0.05, 0) is 31.5 Å². The Kier molecular flexibility index (Phi) is 5.34. The summed E-state index contributed by atoms with van der Waals surface area (Å²) < 4.78 is 31.6. The van der Waals surface area contributed by atoms with Gasteiger partial charge in [-0.25, -0.2) is 9.52 Å². The zero-order valence-corrected chi connectivity index (χ0v) is 12.5. The van der Waals surface area contributed by atoms with E-state index in [1.54, 1.807) is 38.1 Å². The van der Waals surface area contributed by atoms with Crippen LogP contribution in [0.1, 0.15) is 19.4 Å². The zero-order valence-electron chi connectivity index (χ0n) is 11.7. The summed E-state index contributed by atoms with van der Waals surface area (Å²) in [5.41, 5.74) is 6.82. The van der Waals surface area contributed by atoms with Gasteiger partial charge >= 0.3 is 16.3 Å². The predicted molar refractivity (Wildman–Crippen MR) is 76.4 cm³/mol. The summed E-state index contributed by atoms with van der Waals surface area (Å²) in [4.78, 5) is 11.1. The van der Waals surface area contributed by atoms with Crippen LogP contribution < -0.4 is 14.8 Å². The van der Waals surface area contributed by atoms with Crippen LogP contribution in [0.5, 0.6) is 0 Å². The van der Waals surface area contributed by atoms with Gasteiger partial charge in [-0.3, -0.25) is 4.31 Å². The van der Waals surface area contributed by atoms with Gasteiger partial charge in [0.2, 0.25) is 0 Å². The number of nitrogens with two attached hydrogens (primary N) is 1. The van der Waals surface area contributed by atoms with Crippen LogP contribution in [0.2, 0.25) is 0 Å². The standard InChI is InChI=1S/C12H19N3O4S/c1-9(2)15(20(17,18)14-12(16)19-3)11-6-4-10(8-13)5-7-11/h4-7,9H,8,13H2,1-3H3,(H,14,16). The van der Waals surface area contributed by atoms with E-state index in [2.05, 4.69) is 4.74 Å². The van der Waals surface area contributed by atoms with E-state index in [0.29, 0.717) is 12.2 Å². The summed E-state index contributed by atoms with van der Waals surface area (Å²) in [5, 5.41) is 0. The number of nitrogens with one attached hydrogen (secondary N) is 1. The number of nitrogens with zero attached hydrogens (tertiary/aromatic N) is 1. The molecule has 0 aromatic heterocycles. The number of amides is 1. The minimum absolute atomic E-state index is 0.370. The van der Waals surface area contributed by atoms with Crippen molar-refractivity contribution in [3.8, 4) is 0 Å². The number of hydrogen-bond acceptors (Lipinski definition) is 5. The molecular formula is C12H19N3O4S. The number of rotatable bonds is 5. The molecule has 1 amide bonds. The van der Waals surface area contributed by atoms with Crippen LogP contribution in [0.15, 0.2) is 24.3 Å². The quantitative estimate of drug-likeness (QED) is 0.843. The van der Waals surface area contributed by atoms with Crippen molar-refractivity contribution < 1.29 is 17.9 Å². The van der Waals surface area contributed by atoms with Gasteiger partial charge < -0.3 is 10.5 Å². The molecule has 0 atom stereocenters. The summed E-state index contributed by atoms with van der Waals surface area (Å²) in [7, 11) is -2.93. The van der Waals surface area contributed by atoms with Gasteiger partial charge in [0.15, 0.2) is 0 Å². The van der Waals surface area contributed by atoms with Crippen LogP contribution >= 0.6 is 0 Å². The van der Waals surface area contributed by atoms with Gasteiger partial charge in [-0.15, -0.1) is 0 Å². The maximum Gasteiger partial charge on any atom is 0.422 e. The Morgan fingerprint density at radius 3 is 2.30 bits per heavy atom. The molecule has 1 aromatic carbocycles. The minimum Gasteiger partial charge on any atom is -0.452 e. The summed E-state index contributed by atoms with van der Waals surface area (Å²) in [6.07, 6.45) is -1.03. The second-order valence-corrected chi connectivity index (χ2v) is 5.91. The third-order valence-electron chi connectivity index (χ3n) is 2.55. The highest BCUT2D eigenvalue weighted by molar-refractivity contribution is 7.91. The molecule has 0 bridgehead atoms. The van der Waals surface area contributed by atoms with Crippen LogP contribution in [-0.2, 0) is 21.5 Å². The molecule has 0 heterocycles. The van der Waals surface area contributed by atoms with E-state index in [9.17, 15) is 13.2 Å². The maximum atomic E-state index is 12.2. The van der Waals surface area contributed by atoms with Crippen LogP contribution in [0, 0.1) is 0 Å². The minimum atomic E-state index is -4.03. The van der Waals surface area contributed by atoms with Crippen molar-refractivity contribution >= 4 is 22.0 Å². The molecule has 8 heteroatoms. The average molecular weight is 301 g/mol. The second kappa shape index (κ2) is 6.58. The topological polar surface area (TPSA) is 102 Å². The molecule has 0 aliphatic rings. The lowest BCUT2D eigenvalue weighted by molar-refractivity contribution is 0.177. The van der Waals surface area contributed by atoms with Gasteiger partial charge in [0.05, 0.1) is 12.8 Å². The lowest BCUT2D eigenvalue weighted by Gasteiger charge is -2.27. The Morgan fingerprint density at radius 1 is 1.35 bits per heavy atom. The first-order chi connectivity index (χ1) is 9.31. The van der Waals surface area contributed by atoms with Crippen molar-refractivity contribution in [2.75, 3.05) is 11.4 Å². The van der Waals surface area contributed by atoms with Gasteiger partial charge in [-0.1, -0.05) is 12.1 Å². The maximum absolute atomic E-state index is 12.2. The molecule has 0 unspecified atom stereocenters. The molecule has 0 spiro atoms. The highest BCUT2D eigenvalue weighted by Gasteiger charge is 2.27. The Hall–Kier alpha value is -1.80. The first-order valence-corrected chi connectivity index (χ1v) is 7.45. The third kappa shape index (κ3) is 3.84. The monoisotopic (exact) mass is 301 g/mol. The zero-order chi connectivity index (χ0) is 15.3. The van der Waals surface area contributed by atoms with Gasteiger partial charge in [0.1, 0.15) is 0 Å². The number of carbonyl (C=O) groups is 1. The lowest BCUT2D eigenvalue weighted by atomic mass is 10.2. The number of methoxy groups -OCH3 is 1. The van der Waals surface area contributed by atoms with E-state index in [1.807, 2.05) is 4.72 Å². The fraction of sp³-hybridized carbons (Fsp3) is 0.417. The number of anilines is 1. The summed E-state index contributed by atoms with van der Waals surface area (Å²) in [6, 6.07) is 6.37. The molecule has 0 fully saturated rings. The number of carbonyl (C=O) groups excluding carboxylic acids is 1. The molecule has 3 N–H and O–H groups in total. The van der Waals surface area contributed by atoms with Crippen LogP contribution in [0.3, 0.4) is 0 Å². The summed E-state index contributed by atoms with van der Waals surface area (Å²) in [5.74, 6) is 0. The second-order valence-electron chi connectivity index (χ2n) is 4.36. The molecule has 0 radical (unpaired) electrons. The van der Waals surface area contributed by atoms with Crippen LogP contribution in [0.25, 0.3) is 0 Å². The molecule has 7 nitrogen and oxygen atoms in total. The highest BCUT2D eigenvalue weighted by atomic mass is 32.2. The van der Waals surface area contributed by atoms with Crippen LogP contribution in [-0.4, -0.2) is 27.7 Å². The first-order valence-electron chi connectivity index (χ1n) is 6.01. The number of ether oxygens (including phenoxy) is 1. The largest absolute Gasteiger partial charge is 0.452 e. The summed E-state index contributed by atoms with van der Waals surface area (Å²) in [6.45, 7) is 3.77. The van der Waals surface area contributed by atoms with Crippen molar-refractivity contribution in [1.29, 1.82) is 0 Å². The van der Waals surface area contributed by atoms with Crippen molar-refractivity contribution in [2.24, 2.45) is 5.73 Å². The molecule has 0 saturated carbocycles. The average Bonchev–Trinajstić information content (AvgIpc) is 2.38. The Balaban J connectivity index is 3.13. The fourth-order valence-electron chi connectivity index (χ4n) is 1.69. The highest BCUT2D eigenvalue weighted by Crippen LogP contribution is 2.21. The number of hydrogen-bond donors (Lipinski definition) is 2. The fourth-order valence-corrected chi connectivity index (χ4v) is 3.04. The van der Waals surface area contributed by atoms with Gasteiger partial charge in [0.25, 0.3) is 0 Å². The SMILES string of the molecule is COC(=O)NS(=O)(=O)N(c1ccc(CN)cc1)C(C)C. The molecular weight excluding hydrogens is 282 g/mol. The van der Waals surface area contributed by atoms with Gasteiger partial charge in [0, 0.05) is 12.6 Å². The van der Waals surface area contributed by atoms with Crippen molar-refractivity contribution in [1.82, 2.24) is 4.72 Å². The van der Waals surface area contributed by atoms with Crippen molar-refractivity contribution in [3.05, 3.63) is 29.8 Å². The summed E-state index contributed by atoms with van der Waals surface area (Å²) >= 11 is 0. The van der Waals surface area contributed by atoms with Crippen molar-refractivity contribution in [3.63, 3.8) is 0 Å². The number of benzene rings is 1. The molecule has 0 saturated heterocycles. The molecule has 1 rings (SSSR count). The Bertz CT molecular complexity index is 555. The third-order valence-corrected chi connectivity index (χ3v) is 4.13. The van der Waals surface area contributed by atoms with E-state index >= 15 is 0 Å². The van der Waals surface area contributed by atoms with E-state index < -0.39 is 16.3 Å². The van der Waals surface area contributed by atoms with E-state index in [0.717, 1.165) is 17.0 Å². The van der Waals surface area contributed by atoms with E-state index in [4.69, 9.17) is 5.73 Å². The van der Waals surface area contributed by atoms with Crippen LogP contribution in [0.4, 0.5) is 10.5 Å². The van der Waals surface area contributed by atoms with Crippen molar-refractivity contribution in [2.45, 2.75) is 26.4 Å². The normalized spacial score (nSPS) is 11.2. The van der Waals surface area contributed by atoms with E-state index in [1.165, 1.54) is 0 Å². The molecule has 0 aliphatic carbocycles. The molecule has 0 aliphatic heterocycles. The van der Waals surface area contributed by atoms with E-state index in [-0.39, 0.29) is 6.04 Å². The molecule has 1 aromatic rings. The first kappa shape index (κ1) is 16.3. The smallest absolute Gasteiger partial charge is 0.422 e. The Labute approximate surface area is 118 Å².